The summed E-state index contributed by atoms with van der Waals surface area (Å²) in [5.41, 5.74) is 14.8. The second-order valence-electron chi connectivity index (χ2n) is 8.44. The van der Waals surface area contributed by atoms with Gasteiger partial charge in [0.05, 0.1) is 11.4 Å². The molecular formula is C24H27N7. The van der Waals surface area contributed by atoms with Crippen LogP contribution in [0, 0.1) is 5.92 Å². The van der Waals surface area contributed by atoms with E-state index in [0.717, 1.165) is 13.0 Å². The van der Waals surface area contributed by atoms with Crippen molar-refractivity contribution in [1.29, 1.82) is 0 Å². The predicted octanol–water partition coefficient (Wildman–Crippen LogP) is 4.28. The lowest BCUT2D eigenvalue weighted by Gasteiger charge is -2.30. The third kappa shape index (κ3) is 3.83. The molecule has 31 heavy (non-hydrogen) atoms. The first kappa shape index (κ1) is 19.5. The number of anilines is 3. The molecule has 0 saturated heterocycles. The minimum atomic E-state index is 0.115. The first-order chi connectivity index (χ1) is 15.0. The van der Waals surface area contributed by atoms with Crippen LogP contribution in [0.1, 0.15) is 43.9 Å². The van der Waals surface area contributed by atoms with Crippen molar-refractivity contribution in [3.8, 4) is 0 Å². The van der Waals surface area contributed by atoms with Crippen LogP contribution < -0.4 is 16.4 Å². The Balaban J connectivity index is 1.55. The van der Waals surface area contributed by atoms with Crippen LogP contribution in [0.2, 0.25) is 0 Å². The van der Waals surface area contributed by atoms with Crippen LogP contribution in [0.3, 0.4) is 0 Å². The average Bonchev–Trinajstić information content (AvgIpc) is 3.60. The lowest BCUT2D eigenvalue weighted by Crippen LogP contribution is -2.30. The van der Waals surface area contributed by atoms with Crippen molar-refractivity contribution < 1.29 is 0 Å². The van der Waals surface area contributed by atoms with E-state index in [9.17, 15) is 0 Å². The topological polar surface area (TPSA) is 107 Å². The molecule has 1 aliphatic carbocycles. The van der Waals surface area contributed by atoms with Gasteiger partial charge in [-0.15, -0.1) is 0 Å². The van der Waals surface area contributed by atoms with Gasteiger partial charge in [0.25, 0.3) is 0 Å². The minimum Gasteiger partial charge on any atom is -0.383 e. The summed E-state index contributed by atoms with van der Waals surface area (Å²) in [7, 11) is 0. The molecular weight excluding hydrogens is 386 g/mol. The van der Waals surface area contributed by atoms with Crippen LogP contribution in [0.4, 0.5) is 17.7 Å². The molecule has 1 atom stereocenters. The van der Waals surface area contributed by atoms with Gasteiger partial charge < -0.3 is 16.4 Å². The zero-order chi connectivity index (χ0) is 21.5. The highest BCUT2D eigenvalue weighted by atomic mass is 15.3. The Bertz CT molecular complexity index is 1270. The third-order valence-corrected chi connectivity index (χ3v) is 6.18. The fourth-order valence-electron chi connectivity index (χ4n) is 4.05. The number of rotatable bonds is 6. The van der Waals surface area contributed by atoms with Gasteiger partial charge in [-0.25, -0.2) is 4.98 Å². The molecule has 0 spiro atoms. The lowest BCUT2D eigenvalue weighted by molar-refractivity contribution is 0.618. The summed E-state index contributed by atoms with van der Waals surface area (Å²) in [6.45, 7) is 5.31. The minimum absolute atomic E-state index is 0.115. The van der Waals surface area contributed by atoms with Gasteiger partial charge in [-0.3, -0.25) is 0 Å². The number of nitrogens with two attached hydrogens (primary N) is 2. The molecule has 158 valence electrons. The fraction of sp³-hybridized carbons (Fsp3) is 0.333. The van der Waals surface area contributed by atoms with Crippen LogP contribution in [0.25, 0.3) is 21.8 Å². The number of nitrogens with zero attached hydrogens (tertiary/aromatic N) is 5. The number of aryl methyl sites for hydroxylation is 1. The SMILES string of the molecule is CCc1ccc2ccc(C(C)N(CC3CC3)c3ncc4c(N)nc(N)nc4n3)cc2c1. The average molecular weight is 414 g/mol. The Hall–Kier alpha value is -3.48. The van der Waals surface area contributed by atoms with Crippen molar-refractivity contribution in [2.75, 3.05) is 22.9 Å². The van der Waals surface area contributed by atoms with Gasteiger partial charge in [-0.05, 0) is 60.1 Å². The van der Waals surface area contributed by atoms with E-state index in [-0.39, 0.29) is 12.0 Å². The Morgan fingerprint density at radius 2 is 1.84 bits per heavy atom. The third-order valence-electron chi connectivity index (χ3n) is 6.18. The molecule has 0 bridgehead atoms. The number of benzene rings is 2. The monoisotopic (exact) mass is 413 g/mol. The van der Waals surface area contributed by atoms with Gasteiger partial charge in [0.15, 0.2) is 5.65 Å². The maximum absolute atomic E-state index is 5.98. The van der Waals surface area contributed by atoms with Gasteiger partial charge in [-0.1, -0.05) is 37.3 Å². The molecule has 1 saturated carbocycles. The van der Waals surface area contributed by atoms with E-state index in [2.05, 4.69) is 70.1 Å². The van der Waals surface area contributed by atoms with Crippen LogP contribution in [0.15, 0.2) is 42.6 Å². The Labute approximate surface area is 181 Å². The highest BCUT2D eigenvalue weighted by Gasteiger charge is 2.29. The Morgan fingerprint density at radius 3 is 2.61 bits per heavy atom. The highest BCUT2D eigenvalue weighted by molar-refractivity contribution is 5.86. The predicted molar refractivity (Wildman–Crippen MR) is 126 cm³/mol. The largest absolute Gasteiger partial charge is 0.383 e. The Morgan fingerprint density at radius 1 is 1.03 bits per heavy atom. The fourth-order valence-corrected chi connectivity index (χ4v) is 4.05. The maximum atomic E-state index is 5.98. The lowest BCUT2D eigenvalue weighted by atomic mass is 9.99. The van der Waals surface area contributed by atoms with Crippen LogP contribution in [0.5, 0.6) is 0 Å². The molecule has 7 heteroatoms. The molecule has 0 aliphatic heterocycles. The van der Waals surface area contributed by atoms with E-state index in [1.54, 1.807) is 6.20 Å². The van der Waals surface area contributed by atoms with E-state index in [1.807, 2.05) is 0 Å². The quantitative estimate of drug-likeness (QED) is 0.486. The number of nitrogen functional groups attached to an aromatic ring is 2. The molecule has 2 aromatic heterocycles. The first-order valence-corrected chi connectivity index (χ1v) is 10.9. The van der Waals surface area contributed by atoms with Crippen molar-refractivity contribution >= 4 is 39.5 Å². The number of hydrogen-bond donors (Lipinski definition) is 2. The van der Waals surface area contributed by atoms with Crippen LogP contribution >= 0.6 is 0 Å². The first-order valence-electron chi connectivity index (χ1n) is 10.9. The van der Waals surface area contributed by atoms with Crippen molar-refractivity contribution in [1.82, 2.24) is 19.9 Å². The van der Waals surface area contributed by atoms with E-state index in [1.165, 1.54) is 34.7 Å². The van der Waals surface area contributed by atoms with E-state index < -0.39 is 0 Å². The summed E-state index contributed by atoms with van der Waals surface area (Å²) < 4.78 is 0. The number of aromatic nitrogens is 4. The number of fused-ring (bicyclic) bond motifs is 2. The molecule has 0 radical (unpaired) electrons. The molecule has 7 nitrogen and oxygen atoms in total. The van der Waals surface area contributed by atoms with Crippen molar-refractivity contribution in [3.63, 3.8) is 0 Å². The van der Waals surface area contributed by atoms with E-state index >= 15 is 0 Å². The van der Waals surface area contributed by atoms with Gasteiger partial charge in [0, 0.05) is 12.7 Å². The highest BCUT2D eigenvalue weighted by Crippen LogP contribution is 2.35. The summed E-state index contributed by atoms with van der Waals surface area (Å²) >= 11 is 0. The molecule has 1 aliphatic rings. The maximum Gasteiger partial charge on any atom is 0.227 e. The van der Waals surface area contributed by atoms with Gasteiger partial charge >= 0.3 is 0 Å². The van der Waals surface area contributed by atoms with Gasteiger partial charge in [0.1, 0.15) is 5.82 Å². The summed E-state index contributed by atoms with van der Waals surface area (Å²) in [5.74, 6) is 1.75. The van der Waals surface area contributed by atoms with E-state index in [0.29, 0.717) is 28.7 Å². The van der Waals surface area contributed by atoms with E-state index in [4.69, 9.17) is 16.5 Å². The normalized spacial score (nSPS) is 14.8. The summed E-state index contributed by atoms with van der Waals surface area (Å²) in [6.07, 6.45) is 5.22. The smallest absolute Gasteiger partial charge is 0.227 e. The summed E-state index contributed by atoms with van der Waals surface area (Å²) in [5, 5.41) is 3.14. The standard InChI is InChI=1S/C24H27N7/c1-3-15-6-7-17-8-9-18(11-19(17)10-15)14(2)31(13-16-4-5-16)24-27-12-20-21(25)28-23(26)29-22(20)30-24/h6-12,14,16H,3-5,13H2,1-2H3,(H4,25,26,27,28,29,30). The zero-order valence-corrected chi connectivity index (χ0v) is 17.9. The van der Waals surface area contributed by atoms with Crippen LogP contribution in [-0.2, 0) is 6.42 Å². The Kier molecular flexibility index (Phi) is 4.81. The number of hydrogen-bond acceptors (Lipinski definition) is 7. The second kappa shape index (κ2) is 7.65. The van der Waals surface area contributed by atoms with Crippen molar-refractivity contribution in [2.45, 2.75) is 39.2 Å². The molecule has 5 rings (SSSR count). The summed E-state index contributed by atoms with van der Waals surface area (Å²) in [6, 6.07) is 13.5. The van der Waals surface area contributed by atoms with Crippen LogP contribution in [-0.4, -0.2) is 26.5 Å². The molecule has 0 amide bonds. The molecule has 2 heterocycles. The second-order valence-corrected chi connectivity index (χ2v) is 8.44. The zero-order valence-electron chi connectivity index (χ0n) is 17.9. The molecule has 4 aromatic rings. The van der Waals surface area contributed by atoms with Crippen molar-refractivity contribution in [2.24, 2.45) is 5.92 Å². The summed E-state index contributed by atoms with van der Waals surface area (Å²) in [4.78, 5) is 19.9. The van der Waals surface area contributed by atoms with Gasteiger partial charge in [0.2, 0.25) is 11.9 Å². The molecule has 2 aromatic carbocycles. The molecule has 4 N–H and O–H groups in total. The van der Waals surface area contributed by atoms with Crippen molar-refractivity contribution in [3.05, 3.63) is 53.7 Å². The molecule has 1 unspecified atom stereocenters. The molecule has 1 fully saturated rings. The van der Waals surface area contributed by atoms with Gasteiger partial charge in [-0.2, -0.15) is 15.0 Å².